The summed E-state index contributed by atoms with van der Waals surface area (Å²) >= 11 is 0. The third-order valence-electron chi connectivity index (χ3n) is 2.57. The highest BCUT2D eigenvalue weighted by atomic mass is 14.8. The van der Waals surface area contributed by atoms with E-state index in [0.717, 1.165) is 33.7 Å². The van der Waals surface area contributed by atoms with Crippen LogP contribution in [0.2, 0.25) is 0 Å². The van der Waals surface area contributed by atoms with Gasteiger partial charge in [-0.05, 0) is 25.0 Å². The van der Waals surface area contributed by atoms with E-state index in [1.807, 2.05) is 26.0 Å². The molecule has 0 fully saturated rings. The van der Waals surface area contributed by atoms with Crippen molar-refractivity contribution in [1.29, 1.82) is 0 Å². The molecule has 0 saturated heterocycles. The molecule has 0 unspecified atom stereocenters. The number of aromatic nitrogens is 2. The summed E-state index contributed by atoms with van der Waals surface area (Å²) in [5.74, 6) is 0. The molecule has 0 aliphatic heterocycles. The molecule has 0 spiro atoms. The average molecular weight is 238 g/mol. The highest BCUT2D eigenvalue weighted by Gasteiger charge is 2.25. The molecule has 0 N–H and O–H groups in total. The van der Waals surface area contributed by atoms with Crippen LogP contribution in [0.1, 0.15) is 25.2 Å². The molecule has 1 aliphatic carbocycles. The minimum absolute atomic E-state index is 0.869. The van der Waals surface area contributed by atoms with Crippen molar-refractivity contribution >= 4 is 11.1 Å². The predicted molar refractivity (Wildman–Crippen MR) is 78.9 cm³/mol. The van der Waals surface area contributed by atoms with Crippen LogP contribution in [-0.4, -0.2) is 9.97 Å². The van der Waals surface area contributed by atoms with Gasteiger partial charge in [-0.15, -0.1) is 13.2 Å². The normalized spacial score (nSPS) is 13.3. The van der Waals surface area contributed by atoms with Gasteiger partial charge in [0.2, 0.25) is 0 Å². The number of rotatable bonds is 2. The molecule has 0 amide bonds. The summed E-state index contributed by atoms with van der Waals surface area (Å²) in [5, 5.41) is 0. The summed E-state index contributed by atoms with van der Waals surface area (Å²) in [6, 6.07) is 0. The Morgan fingerprint density at radius 2 is 1.72 bits per heavy atom. The number of nitrogens with zero attached hydrogens (tertiary/aromatic N) is 2. The molecule has 1 aromatic rings. The predicted octanol–water partition coefficient (Wildman–Crippen LogP) is 4.21. The van der Waals surface area contributed by atoms with E-state index < -0.39 is 0 Å². The molecular formula is C16H18N2. The molecule has 2 nitrogen and oxygen atoms in total. The van der Waals surface area contributed by atoms with Gasteiger partial charge in [0.05, 0.1) is 11.4 Å². The lowest BCUT2D eigenvalue weighted by Gasteiger charge is -2.03. The van der Waals surface area contributed by atoms with Crippen LogP contribution in [0, 0.1) is 0 Å². The van der Waals surface area contributed by atoms with Crippen molar-refractivity contribution in [1.82, 2.24) is 9.97 Å². The zero-order chi connectivity index (χ0) is 13.7. The molecule has 0 aromatic carbocycles. The molecule has 1 aliphatic rings. The fraction of sp³-hybridized carbons (Fsp3) is 0.125. The van der Waals surface area contributed by atoms with Gasteiger partial charge in [0.25, 0.3) is 0 Å². The molecule has 0 saturated carbocycles. The van der Waals surface area contributed by atoms with E-state index in [1.165, 1.54) is 0 Å². The highest BCUT2D eigenvalue weighted by molar-refractivity contribution is 6.02. The second-order valence-electron chi connectivity index (χ2n) is 3.80. The summed E-state index contributed by atoms with van der Waals surface area (Å²) in [6.45, 7) is 18.0. The summed E-state index contributed by atoms with van der Waals surface area (Å²) in [6.07, 6.45) is 7.43. The lowest BCUT2D eigenvalue weighted by molar-refractivity contribution is 1.15. The van der Waals surface area contributed by atoms with Crippen LogP contribution in [0.25, 0.3) is 11.1 Å². The Hall–Kier alpha value is -2.22. The van der Waals surface area contributed by atoms with Gasteiger partial charge in [-0.3, -0.25) is 9.97 Å². The molecule has 1 aromatic heterocycles. The van der Waals surface area contributed by atoms with Gasteiger partial charge in [0.1, 0.15) is 0 Å². The van der Waals surface area contributed by atoms with Crippen LogP contribution in [0.15, 0.2) is 62.0 Å². The van der Waals surface area contributed by atoms with Crippen LogP contribution in [0.4, 0.5) is 0 Å². The topological polar surface area (TPSA) is 25.8 Å². The lowest BCUT2D eigenvalue weighted by Crippen LogP contribution is -1.90. The quantitative estimate of drug-likeness (QED) is 0.721. The maximum atomic E-state index is 4.37. The smallest absolute Gasteiger partial charge is 0.0971 e. The minimum atomic E-state index is 0.869. The van der Waals surface area contributed by atoms with E-state index in [4.69, 9.17) is 0 Å². The molecule has 92 valence electrons. The fourth-order valence-corrected chi connectivity index (χ4v) is 1.97. The van der Waals surface area contributed by atoms with Crippen LogP contribution in [0.3, 0.4) is 0 Å². The summed E-state index contributed by atoms with van der Waals surface area (Å²) in [5.41, 5.74) is 5.83. The van der Waals surface area contributed by atoms with Gasteiger partial charge in [-0.2, -0.15) is 0 Å². The Morgan fingerprint density at radius 1 is 1.17 bits per heavy atom. The number of hydrogen-bond donors (Lipinski definition) is 0. The third-order valence-corrected chi connectivity index (χ3v) is 2.57. The largest absolute Gasteiger partial charge is 0.252 e. The summed E-state index contributed by atoms with van der Waals surface area (Å²) < 4.78 is 0. The molecule has 0 bridgehead atoms. The van der Waals surface area contributed by atoms with Crippen LogP contribution in [0.5, 0.6) is 0 Å². The first kappa shape index (κ1) is 13.8. The van der Waals surface area contributed by atoms with Crippen molar-refractivity contribution in [2.75, 3.05) is 0 Å². The van der Waals surface area contributed by atoms with Gasteiger partial charge in [0, 0.05) is 23.5 Å². The zero-order valence-electron chi connectivity index (χ0n) is 11.0. The molecule has 1 heterocycles. The molecule has 0 atom stereocenters. The van der Waals surface area contributed by atoms with Gasteiger partial charge in [-0.1, -0.05) is 25.3 Å². The first-order valence-electron chi connectivity index (χ1n) is 5.70. The lowest BCUT2D eigenvalue weighted by atomic mass is 10.0. The Morgan fingerprint density at radius 3 is 2.22 bits per heavy atom. The maximum absolute atomic E-state index is 4.37. The van der Waals surface area contributed by atoms with Gasteiger partial charge in [0.15, 0.2) is 0 Å². The second kappa shape index (κ2) is 5.92. The van der Waals surface area contributed by atoms with Crippen LogP contribution < -0.4 is 0 Å². The van der Waals surface area contributed by atoms with Gasteiger partial charge < -0.3 is 0 Å². The first-order chi connectivity index (χ1) is 8.66. The van der Waals surface area contributed by atoms with Crippen molar-refractivity contribution in [2.24, 2.45) is 0 Å². The van der Waals surface area contributed by atoms with Crippen molar-refractivity contribution in [3.8, 4) is 0 Å². The van der Waals surface area contributed by atoms with Gasteiger partial charge in [-0.25, -0.2) is 0 Å². The Balaban J connectivity index is 0.000000771. The fourth-order valence-electron chi connectivity index (χ4n) is 1.97. The SMILES string of the molecule is C=C.C=C(C)C1=C(/C=C\C)c2nccnc2C1=C. The average Bonchev–Trinajstić information content (AvgIpc) is 2.67. The van der Waals surface area contributed by atoms with Crippen molar-refractivity contribution in [3.63, 3.8) is 0 Å². The highest BCUT2D eigenvalue weighted by Crippen LogP contribution is 2.41. The monoisotopic (exact) mass is 238 g/mol. The van der Waals surface area contributed by atoms with E-state index in [2.05, 4.69) is 36.3 Å². The van der Waals surface area contributed by atoms with E-state index in [0.29, 0.717) is 0 Å². The molecule has 18 heavy (non-hydrogen) atoms. The number of allylic oxidation sites excluding steroid dienone is 6. The molecule has 2 rings (SSSR count). The third kappa shape index (κ3) is 2.23. The standard InChI is InChI=1S/C14H14N2.C2H4/c1-5-6-11-12(9(2)3)10(4)13-14(11)16-8-7-15-13;1-2/h5-8H,2,4H2,1,3H3;1-2H2/b6-5-;. The molecular weight excluding hydrogens is 220 g/mol. The van der Waals surface area contributed by atoms with Crippen molar-refractivity contribution < 1.29 is 0 Å². The zero-order valence-corrected chi connectivity index (χ0v) is 11.0. The summed E-state index contributed by atoms with van der Waals surface area (Å²) in [4.78, 5) is 8.70. The second-order valence-corrected chi connectivity index (χ2v) is 3.80. The molecule has 2 heteroatoms. The summed E-state index contributed by atoms with van der Waals surface area (Å²) in [7, 11) is 0. The van der Waals surface area contributed by atoms with Gasteiger partial charge >= 0.3 is 0 Å². The maximum Gasteiger partial charge on any atom is 0.0971 e. The first-order valence-corrected chi connectivity index (χ1v) is 5.70. The Bertz CT molecular complexity index is 548. The Labute approximate surface area is 109 Å². The Kier molecular flexibility index (Phi) is 4.55. The van der Waals surface area contributed by atoms with E-state index in [9.17, 15) is 0 Å². The van der Waals surface area contributed by atoms with Crippen LogP contribution >= 0.6 is 0 Å². The number of hydrogen-bond acceptors (Lipinski definition) is 2. The van der Waals surface area contributed by atoms with E-state index in [1.54, 1.807) is 12.4 Å². The van der Waals surface area contributed by atoms with E-state index in [-0.39, 0.29) is 0 Å². The minimum Gasteiger partial charge on any atom is -0.252 e. The molecule has 0 radical (unpaired) electrons. The van der Waals surface area contributed by atoms with Crippen molar-refractivity contribution in [2.45, 2.75) is 13.8 Å². The van der Waals surface area contributed by atoms with E-state index >= 15 is 0 Å². The number of fused-ring (bicyclic) bond motifs is 1. The van der Waals surface area contributed by atoms with Crippen molar-refractivity contribution in [3.05, 3.63) is 73.4 Å². The van der Waals surface area contributed by atoms with Crippen LogP contribution in [-0.2, 0) is 0 Å².